The van der Waals surface area contributed by atoms with Gasteiger partial charge in [0.1, 0.15) is 11.3 Å². The van der Waals surface area contributed by atoms with Crippen LogP contribution in [0, 0.1) is 6.92 Å². The summed E-state index contributed by atoms with van der Waals surface area (Å²) in [5, 5.41) is 7.79. The molecule has 0 aliphatic rings. The molecule has 6 aromatic rings. The molecule has 0 radical (unpaired) electrons. The first-order chi connectivity index (χ1) is 19.6. The van der Waals surface area contributed by atoms with Gasteiger partial charge in [-0.05, 0) is 37.3 Å². The quantitative estimate of drug-likeness (QED) is 0.303. The molecule has 6 rings (SSSR count). The van der Waals surface area contributed by atoms with Gasteiger partial charge in [-0.1, -0.05) is 35.9 Å². The molecule has 10 nitrogen and oxygen atoms in total. The molecule has 0 aliphatic heterocycles. The summed E-state index contributed by atoms with van der Waals surface area (Å²) in [4.78, 5) is 22.4. The van der Waals surface area contributed by atoms with Crippen LogP contribution in [0.2, 0.25) is 0 Å². The summed E-state index contributed by atoms with van der Waals surface area (Å²) in [5.41, 5.74) is 5.22. The summed E-state index contributed by atoms with van der Waals surface area (Å²) in [6.45, 7) is 1.98. The summed E-state index contributed by atoms with van der Waals surface area (Å²) >= 11 is 0. The van der Waals surface area contributed by atoms with E-state index in [-0.39, 0.29) is 5.91 Å². The fraction of sp³-hybridized carbons (Fsp3) is 0.133. The van der Waals surface area contributed by atoms with Gasteiger partial charge in [0, 0.05) is 54.6 Å². The van der Waals surface area contributed by atoms with Crippen LogP contribution in [-0.2, 0) is 10.0 Å². The van der Waals surface area contributed by atoms with Crippen molar-refractivity contribution in [3.05, 3.63) is 90.3 Å². The molecule has 2 aromatic carbocycles. The molecule has 0 atom stereocenters. The van der Waals surface area contributed by atoms with Crippen molar-refractivity contribution in [1.82, 2.24) is 24.9 Å². The molecular formula is C30H26N6O4S. The molecule has 1 amide bonds. The van der Waals surface area contributed by atoms with Gasteiger partial charge >= 0.3 is 0 Å². The maximum Gasteiger partial charge on any atom is 0.255 e. The lowest BCUT2D eigenvalue weighted by atomic mass is 10.00. The van der Waals surface area contributed by atoms with E-state index in [1.807, 2.05) is 55.6 Å². The van der Waals surface area contributed by atoms with Crippen LogP contribution in [0.3, 0.4) is 0 Å². The number of pyridine rings is 2. The Hall–Kier alpha value is -5.03. The van der Waals surface area contributed by atoms with Crippen molar-refractivity contribution in [2.24, 2.45) is 0 Å². The van der Waals surface area contributed by atoms with Gasteiger partial charge in [0.25, 0.3) is 5.91 Å². The minimum absolute atomic E-state index is 0.329. The van der Waals surface area contributed by atoms with Gasteiger partial charge in [-0.15, -0.1) is 5.10 Å². The first kappa shape index (κ1) is 26.2. The van der Waals surface area contributed by atoms with Crippen LogP contribution in [0.25, 0.3) is 50.6 Å². The number of sulfonamides is 1. The molecular weight excluding hydrogens is 540 g/mol. The largest absolute Gasteiger partial charge is 0.455 e. The van der Waals surface area contributed by atoms with Crippen LogP contribution in [0.5, 0.6) is 0 Å². The second-order valence-corrected chi connectivity index (χ2v) is 11.7. The van der Waals surface area contributed by atoms with Gasteiger partial charge in [0.2, 0.25) is 10.0 Å². The Morgan fingerprint density at radius 2 is 1.80 bits per heavy atom. The summed E-state index contributed by atoms with van der Waals surface area (Å²) in [6, 6.07) is 20.2. The lowest BCUT2D eigenvalue weighted by Gasteiger charge is -2.20. The Kier molecular flexibility index (Phi) is 6.30. The van der Waals surface area contributed by atoms with Gasteiger partial charge < -0.3 is 9.73 Å². The highest BCUT2D eigenvalue weighted by atomic mass is 32.2. The molecule has 41 heavy (non-hydrogen) atoms. The number of carbonyl (C=O) groups excluding carboxylic acids is 1. The summed E-state index contributed by atoms with van der Waals surface area (Å²) in [7, 11) is -0.635. The third kappa shape index (κ3) is 4.70. The van der Waals surface area contributed by atoms with Gasteiger partial charge in [-0.2, -0.15) is 0 Å². The molecule has 4 aromatic heterocycles. The van der Waals surface area contributed by atoms with E-state index in [1.54, 1.807) is 42.0 Å². The third-order valence-corrected chi connectivity index (χ3v) is 8.14. The van der Waals surface area contributed by atoms with E-state index in [0.29, 0.717) is 56.3 Å². The normalized spacial score (nSPS) is 11.7. The van der Waals surface area contributed by atoms with Gasteiger partial charge in [-0.3, -0.25) is 14.1 Å². The summed E-state index contributed by atoms with van der Waals surface area (Å²) in [6.07, 6.45) is 4.56. The molecule has 0 fully saturated rings. The number of nitrogens with zero attached hydrogens (tertiary/aromatic N) is 5. The zero-order chi connectivity index (χ0) is 28.9. The highest BCUT2D eigenvalue weighted by Gasteiger charge is 2.26. The first-order valence-electron chi connectivity index (χ1n) is 12.8. The fourth-order valence-electron chi connectivity index (χ4n) is 4.71. The molecule has 0 bridgehead atoms. The number of rotatable bonds is 6. The number of amides is 1. The predicted molar refractivity (Wildman–Crippen MR) is 158 cm³/mol. The molecule has 0 saturated carbocycles. The molecule has 0 spiro atoms. The SMILES string of the molecule is CNC(=O)c1c(-c2ccc(C)cc2)oc2cc(N(C)S(C)(=O)=O)c(-c3cc(-c4nc5ccccn5n4)ccn3)cc12. The Balaban J connectivity index is 1.61. The minimum Gasteiger partial charge on any atom is -0.455 e. The molecule has 11 heteroatoms. The zero-order valence-corrected chi connectivity index (χ0v) is 23.6. The smallest absolute Gasteiger partial charge is 0.255 e. The Morgan fingerprint density at radius 1 is 1.02 bits per heavy atom. The van der Waals surface area contributed by atoms with Crippen LogP contribution >= 0.6 is 0 Å². The number of carbonyl (C=O) groups is 1. The molecule has 0 aliphatic carbocycles. The van der Waals surface area contributed by atoms with E-state index in [9.17, 15) is 13.2 Å². The van der Waals surface area contributed by atoms with Crippen LogP contribution in [-0.4, -0.2) is 54.3 Å². The lowest BCUT2D eigenvalue weighted by molar-refractivity contribution is 0.0964. The van der Waals surface area contributed by atoms with Crippen molar-refractivity contribution in [2.75, 3.05) is 24.7 Å². The topological polar surface area (TPSA) is 123 Å². The van der Waals surface area contributed by atoms with E-state index in [4.69, 9.17) is 4.42 Å². The van der Waals surface area contributed by atoms with E-state index < -0.39 is 10.0 Å². The number of furan rings is 1. The Morgan fingerprint density at radius 3 is 2.51 bits per heavy atom. The van der Waals surface area contributed by atoms with E-state index in [2.05, 4.69) is 20.4 Å². The van der Waals surface area contributed by atoms with Crippen molar-refractivity contribution in [3.8, 4) is 34.0 Å². The van der Waals surface area contributed by atoms with E-state index in [0.717, 1.165) is 17.4 Å². The molecule has 0 saturated heterocycles. The Bertz CT molecular complexity index is 2030. The highest BCUT2D eigenvalue weighted by Crippen LogP contribution is 2.41. The maximum atomic E-state index is 13.2. The van der Waals surface area contributed by atoms with Crippen molar-refractivity contribution in [3.63, 3.8) is 0 Å². The summed E-state index contributed by atoms with van der Waals surface area (Å²) in [5.74, 6) is 0.556. The monoisotopic (exact) mass is 566 g/mol. The maximum absolute atomic E-state index is 13.2. The van der Waals surface area contributed by atoms with Crippen molar-refractivity contribution >= 4 is 38.2 Å². The number of hydrogen-bond donors (Lipinski definition) is 1. The van der Waals surface area contributed by atoms with Gasteiger partial charge in [-0.25, -0.2) is 17.9 Å². The summed E-state index contributed by atoms with van der Waals surface area (Å²) < 4.78 is 34.5. The van der Waals surface area contributed by atoms with Crippen LogP contribution in [0.15, 0.2) is 83.5 Å². The number of aryl methyl sites for hydroxylation is 1. The number of aromatic nitrogens is 4. The van der Waals surface area contributed by atoms with Crippen LogP contribution in [0.4, 0.5) is 5.69 Å². The zero-order valence-electron chi connectivity index (χ0n) is 22.8. The average Bonchev–Trinajstić information content (AvgIpc) is 3.57. The fourth-order valence-corrected chi connectivity index (χ4v) is 5.21. The number of fused-ring (bicyclic) bond motifs is 2. The highest BCUT2D eigenvalue weighted by molar-refractivity contribution is 7.92. The average molecular weight is 567 g/mol. The minimum atomic E-state index is -3.66. The molecule has 1 N–H and O–H groups in total. The predicted octanol–water partition coefficient (Wildman–Crippen LogP) is 4.94. The van der Waals surface area contributed by atoms with Crippen LogP contribution < -0.4 is 9.62 Å². The van der Waals surface area contributed by atoms with E-state index >= 15 is 0 Å². The van der Waals surface area contributed by atoms with Gasteiger partial charge in [0.05, 0.1) is 23.2 Å². The third-order valence-electron chi connectivity index (χ3n) is 6.95. The van der Waals surface area contributed by atoms with Crippen LogP contribution in [0.1, 0.15) is 15.9 Å². The second-order valence-electron chi connectivity index (χ2n) is 9.72. The van der Waals surface area contributed by atoms with E-state index in [1.165, 1.54) is 11.4 Å². The Labute approximate surface area is 236 Å². The number of anilines is 1. The number of benzene rings is 2. The van der Waals surface area contributed by atoms with Gasteiger partial charge in [0.15, 0.2) is 11.5 Å². The number of hydrogen-bond acceptors (Lipinski definition) is 7. The number of nitrogens with one attached hydrogen (secondary N) is 1. The lowest BCUT2D eigenvalue weighted by Crippen LogP contribution is -2.25. The van der Waals surface area contributed by atoms with Crippen molar-refractivity contribution < 1.29 is 17.6 Å². The first-order valence-corrected chi connectivity index (χ1v) is 14.6. The van der Waals surface area contributed by atoms with Crippen molar-refractivity contribution in [1.29, 1.82) is 0 Å². The molecule has 4 heterocycles. The van der Waals surface area contributed by atoms with Crippen molar-refractivity contribution in [2.45, 2.75) is 6.92 Å². The molecule has 0 unspecified atom stereocenters. The second kappa shape index (κ2) is 9.86. The molecule has 206 valence electrons. The standard InChI is InChI=1S/C30H26N6O4S/c1-18-8-10-19(11-9-18)28-27(30(37)31-2)22-16-21(24(17-25(22)40-28)35(3)41(4,38)39)23-15-20(12-13-32-23)29-33-26-7-5-6-14-36(26)34-29/h5-17H,1-4H3,(H,31,37).